The molecule has 0 atom stereocenters. The van der Waals surface area contributed by atoms with Crippen molar-refractivity contribution >= 4 is 15.9 Å². The van der Waals surface area contributed by atoms with Crippen molar-refractivity contribution in [1.29, 1.82) is 0 Å². The van der Waals surface area contributed by atoms with Crippen molar-refractivity contribution in [2.45, 2.75) is 37.5 Å². The average molecular weight is 259 g/mol. The minimum Gasteiger partial charge on any atom is -0.454 e. The molecule has 78 valence electrons. The molecule has 1 fully saturated rings. The van der Waals surface area contributed by atoms with Crippen LogP contribution in [0.15, 0.2) is 21.2 Å². The number of aliphatic hydroxyl groups is 1. The quantitative estimate of drug-likeness (QED) is 0.884. The molecule has 1 aromatic rings. The van der Waals surface area contributed by atoms with Crippen molar-refractivity contribution in [2.75, 3.05) is 6.61 Å². The van der Waals surface area contributed by atoms with Crippen molar-refractivity contribution in [2.24, 2.45) is 0 Å². The van der Waals surface area contributed by atoms with Gasteiger partial charge < -0.3 is 9.52 Å². The summed E-state index contributed by atoms with van der Waals surface area (Å²) < 4.78 is 6.33. The summed E-state index contributed by atoms with van der Waals surface area (Å²) in [5, 5.41) is 9.53. The molecule has 1 heterocycles. The van der Waals surface area contributed by atoms with E-state index in [9.17, 15) is 5.11 Å². The fourth-order valence-corrected chi connectivity index (χ4v) is 2.62. The van der Waals surface area contributed by atoms with E-state index in [0.717, 1.165) is 23.3 Å². The van der Waals surface area contributed by atoms with Crippen LogP contribution in [-0.4, -0.2) is 11.7 Å². The number of rotatable bonds is 2. The molecule has 0 saturated heterocycles. The zero-order valence-corrected chi connectivity index (χ0v) is 9.72. The van der Waals surface area contributed by atoms with Crippen LogP contribution >= 0.6 is 15.9 Å². The van der Waals surface area contributed by atoms with Crippen LogP contribution in [0.2, 0.25) is 0 Å². The molecule has 0 spiro atoms. The Kier molecular flexibility index (Phi) is 2.98. The van der Waals surface area contributed by atoms with Gasteiger partial charge in [0, 0.05) is 0 Å². The van der Waals surface area contributed by atoms with Gasteiger partial charge in [-0.3, -0.25) is 0 Å². The van der Waals surface area contributed by atoms with Crippen LogP contribution in [0.25, 0.3) is 0 Å². The highest BCUT2D eigenvalue weighted by Crippen LogP contribution is 2.40. The molecule has 3 heteroatoms. The van der Waals surface area contributed by atoms with Gasteiger partial charge in [0.05, 0.1) is 12.0 Å². The molecule has 1 aliphatic rings. The molecular formula is C11H15BrO2. The van der Waals surface area contributed by atoms with Crippen molar-refractivity contribution in [3.8, 4) is 0 Å². The molecule has 2 nitrogen and oxygen atoms in total. The van der Waals surface area contributed by atoms with Crippen LogP contribution in [0.4, 0.5) is 0 Å². The van der Waals surface area contributed by atoms with Gasteiger partial charge in [-0.1, -0.05) is 19.3 Å². The van der Waals surface area contributed by atoms with E-state index in [-0.39, 0.29) is 12.0 Å². The van der Waals surface area contributed by atoms with Gasteiger partial charge in [-0.05, 0) is 40.9 Å². The van der Waals surface area contributed by atoms with Gasteiger partial charge in [-0.15, -0.1) is 0 Å². The predicted molar refractivity (Wildman–Crippen MR) is 58.3 cm³/mol. The van der Waals surface area contributed by atoms with Crippen LogP contribution in [0.3, 0.4) is 0 Å². The fourth-order valence-electron chi connectivity index (χ4n) is 2.31. The number of aliphatic hydroxyl groups excluding tert-OH is 1. The van der Waals surface area contributed by atoms with E-state index >= 15 is 0 Å². The van der Waals surface area contributed by atoms with Gasteiger partial charge in [0.1, 0.15) is 5.76 Å². The summed E-state index contributed by atoms with van der Waals surface area (Å²) >= 11 is 3.30. The summed E-state index contributed by atoms with van der Waals surface area (Å²) in [5.74, 6) is 0.937. The lowest BCUT2D eigenvalue weighted by Gasteiger charge is -2.33. The first-order chi connectivity index (χ1) is 6.77. The first-order valence-electron chi connectivity index (χ1n) is 5.13. The maximum atomic E-state index is 9.53. The molecule has 1 saturated carbocycles. The van der Waals surface area contributed by atoms with Gasteiger partial charge in [-0.2, -0.15) is 0 Å². The van der Waals surface area contributed by atoms with E-state index in [1.54, 1.807) is 0 Å². The summed E-state index contributed by atoms with van der Waals surface area (Å²) in [6.45, 7) is 0.201. The number of furan rings is 1. The highest BCUT2D eigenvalue weighted by Gasteiger charge is 2.36. The zero-order chi connectivity index (χ0) is 10.0. The monoisotopic (exact) mass is 258 g/mol. The molecule has 0 aliphatic heterocycles. The number of halogens is 1. The van der Waals surface area contributed by atoms with Crippen LogP contribution in [0.5, 0.6) is 0 Å². The third-order valence-corrected chi connectivity index (χ3v) is 3.64. The van der Waals surface area contributed by atoms with E-state index in [1.807, 2.05) is 12.1 Å². The Morgan fingerprint density at radius 1 is 1.29 bits per heavy atom. The van der Waals surface area contributed by atoms with Crippen molar-refractivity contribution in [1.82, 2.24) is 0 Å². The average Bonchev–Trinajstić information content (AvgIpc) is 2.66. The third kappa shape index (κ3) is 1.75. The van der Waals surface area contributed by atoms with E-state index in [2.05, 4.69) is 15.9 Å². The van der Waals surface area contributed by atoms with Crippen molar-refractivity contribution in [3.63, 3.8) is 0 Å². The van der Waals surface area contributed by atoms with E-state index in [0.29, 0.717) is 0 Å². The smallest absolute Gasteiger partial charge is 0.169 e. The first-order valence-corrected chi connectivity index (χ1v) is 5.93. The number of hydrogen-bond acceptors (Lipinski definition) is 2. The normalized spacial score (nSPS) is 21.0. The topological polar surface area (TPSA) is 33.4 Å². The summed E-state index contributed by atoms with van der Waals surface area (Å²) in [6, 6.07) is 3.88. The summed E-state index contributed by atoms with van der Waals surface area (Å²) in [6.07, 6.45) is 5.76. The van der Waals surface area contributed by atoms with Gasteiger partial charge in [0.25, 0.3) is 0 Å². The summed E-state index contributed by atoms with van der Waals surface area (Å²) in [4.78, 5) is 0. The third-order valence-electron chi connectivity index (χ3n) is 3.21. The highest BCUT2D eigenvalue weighted by molar-refractivity contribution is 9.10. The van der Waals surface area contributed by atoms with E-state index in [4.69, 9.17) is 4.42 Å². The van der Waals surface area contributed by atoms with Crippen LogP contribution < -0.4 is 0 Å². The van der Waals surface area contributed by atoms with Crippen molar-refractivity contribution in [3.05, 3.63) is 22.6 Å². The lowest BCUT2D eigenvalue weighted by atomic mass is 9.73. The molecule has 2 rings (SSSR count). The fraction of sp³-hybridized carbons (Fsp3) is 0.636. The zero-order valence-electron chi connectivity index (χ0n) is 8.13. The van der Waals surface area contributed by atoms with E-state index < -0.39 is 0 Å². The van der Waals surface area contributed by atoms with Gasteiger partial charge in [0.2, 0.25) is 0 Å². The molecule has 1 aliphatic carbocycles. The highest BCUT2D eigenvalue weighted by atomic mass is 79.9. The first kappa shape index (κ1) is 10.2. The Balaban J connectivity index is 2.26. The Labute approximate surface area is 92.4 Å². The Bertz CT molecular complexity index is 300. The second-order valence-electron chi connectivity index (χ2n) is 4.10. The lowest BCUT2D eigenvalue weighted by molar-refractivity contribution is 0.129. The SMILES string of the molecule is OCC1(c2ccc(Br)o2)CCCCC1. The summed E-state index contributed by atoms with van der Waals surface area (Å²) in [7, 11) is 0. The molecule has 0 unspecified atom stereocenters. The second kappa shape index (κ2) is 4.07. The number of hydrogen-bond donors (Lipinski definition) is 1. The maximum Gasteiger partial charge on any atom is 0.169 e. The lowest BCUT2D eigenvalue weighted by Crippen LogP contribution is -2.32. The van der Waals surface area contributed by atoms with Crippen LogP contribution in [-0.2, 0) is 5.41 Å². The molecule has 0 radical (unpaired) electrons. The molecule has 14 heavy (non-hydrogen) atoms. The molecule has 0 bridgehead atoms. The van der Waals surface area contributed by atoms with E-state index in [1.165, 1.54) is 19.3 Å². The minimum absolute atomic E-state index is 0.107. The Morgan fingerprint density at radius 3 is 2.50 bits per heavy atom. The Hall–Kier alpha value is -0.280. The largest absolute Gasteiger partial charge is 0.454 e. The maximum absolute atomic E-state index is 9.53. The molecule has 0 amide bonds. The minimum atomic E-state index is -0.107. The Morgan fingerprint density at radius 2 is 2.00 bits per heavy atom. The molecule has 1 aromatic heterocycles. The molecule has 1 N–H and O–H groups in total. The van der Waals surface area contributed by atoms with Crippen LogP contribution in [0.1, 0.15) is 37.9 Å². The predicted octanol–water partition coefficient (Wildman–Crippen LogP) is 3.24. The van der Waals surface area contributed by atoms with Crippen molar-refractivity contribution < 1.29 is 9.52 Å². The molecule has 0 aromatic carbocycles. The van der Waals surface area contributed by atoms with Gasteiger partial charge in [-0.25, -0.2) is 0 Å². The molecular weight excluding hydrogens is 244 g/mol. The second-order valence-corrected chi connectivity index (χ2v) is 4.88. The standard InChI is InChI=1S/C11H15BrO2/c12-10-5-4-9(14-10)11(8-13)6-2-1-3-7-11/h4-5,13H,1-3,6-8H2. The van der Waals surface area contributed by atoms with Crippen LogP contribution in [0, 0.1) is 0 Å². The van der Waals surface area contributed by atoms with Gasteiger partial charge in [0.15, 0.2) is 4.67 Å². The van der Waals surface area contributed by atoms with Gasteiger partial charge >= 0.3 is 0 Å². The summed E-state index contributed by atoms with van der Waals surface area (Å²) in [5.41, 5.74) is -0.107.